The van der Waals surface area contributed by atoms with Gasteiger partial charge in [-0.15, -0.1) is 0 Å². The quantitative estimate of drug-likeness (QED) is 0.856. The van der Waals surface area contributed by atoms with E-state index in [1.54, 1.807) is 17.0 Å². The van der Waals surface area contributed by atoms with Crippen LogP contribution in [0, 0.1) is 17.2 Å². The van der Waals surface area contributed by atoms with Crippen molar-refractivity contribution in [1.82, 2.24) is 14.5 Å². The number of nitriles is 1. The Bertz CT molecular complexity index is 826. The van der Waals surface area contributed by atoms with Crippen molar-refractivity contribution >= 4 is 16.1 Å². The highest BCUT2D eigenvalue weighted by Gasteiger charge is 2.32. The minimum atomic E-state index is -3.74. The first kappa shape index (κ1) is 19.6. The van der Waals surface area contributed by atoms with Crippen LogP contribution >= 0.6 is 0 Å². The molecule has 1 saturated carbocycles. The summed E-state index contributed by atoms with van der Waals surface area (Å²) in [5, 5.41) is 12.3. The molecule has 1 aromatic carbocycles. The van der Waals surface area contributed by atoms with Crippen LogP contribution < -0.4 is 5.32 Å². The fraction of sp³-hybridized carbons (Fsp3) is 0.579. The van der Waals surface area contributed by atoms with E-state index in [1.165, 1.54) is 22.9 Å². The lowest BCUT2D eigenvalue weighted by molar-refractivity contribution is 0.161. The van der Waals surface area contributed by atoms with Crippen LogP contribution in [0.4, 0.5) is 4.79 Å². The lowest BCUT2D eigenvalue weighted by Gasteiger charge is -2.36. The van der Waals surface area contributed by atoms with Gasteiger partial charge in [0.25, 0.3) is 0 Å². The molecule has 27 heavy (non-hydrogen) atoms. The molecule has 146 valence electrons. The molecular weight excluding hydrogens is 364 g/mol. The summed E-state index contributed by atoms with van der Waals surface area (Å²) in [6.45, 7) is 3.33. The second-order valence-corrected chi connectivity index (χ2v) is 9.22. The zero-order chi connectivity index (χ0) is 19.4. The molecule has 2 atom stereocenters. The number of piperazine rings is 1. The fourth-order valence-electron chi connectivity index (χ4n) is 3.84. The van der Waals surface area contributed by atoms with E-state index >= 15 is 0 Å². The molecule has 1 aliphatic carbocycles. The molecule has 3 rings (SSSR count). The van der Waals surface area contributed by atoms with Crippen LogP contribution in [0.3, 0.4) is 0 Å². The Labute approximate surface area is 161 Å². The molecule has 0 radical (unpaired) electrons. The van der Waals surface area contributed by atoms with Gasteiger partial charge in [-0.2, -0.15) is 9.57 Å². The number of urea groups is 1. The number of benzene rings is 1. The Kier molecular flexibility index (Phi) is 6.02. The molecule has 1 saturated heterocycles. The van der Waals surface area contributed by atoms with Crippen LogP contribution in [0.15, 0.2) is 29.2 Å². The summed E-state index contributed by atoms with van der Waals surface area (Å²) >= 11 is 0. The zero-order valence-electron chi connectivity index (χ0n) is 15.6. The van der Waals surface area contributed by atoms with Crippen LogP contribution in [0.5, 0.6) is 0 Å². The second kappa shape index (κ2) is 8.28. The molecule has 0 bridgehead atoms. The largest absolute Gasteiger partial charge is 0.335 e. The zero-order valence-corrected chi connectivity index (χ0v) is 16.4. The van der Waals surface area contributed by atoms with Gasteiger partial charge < -0.3 is 10.2 Å². The fourth-order valence-corrected chi connectivity index (χ4v) is 5.40. The van der Waals surface area contributed by atoms with Gasteiger partial charge in [0.2, 0.25) is 10.0 Å². The van der Waals surface area contributed by atoms with Crippen molar-refractivity contribution in [3.8, 4) is 6.07 Å². The average molecular weight is 391 g/mol. The van der Waals surface area contributed by atoms with Crippen LogP contribution in [-0.4, -0.2) is 55.9 Å². The number of hydrogen-bond donors (Lipinski definition) is 1. The first-order valence-electron chi connectivity index (χ1n) is 9.48. The van der Waals surface area contributed by atoms with Crippen molar-refractivity contribution < 1.29 is 13.2 Å². The van der Waals surface area contributed by atoms with Crippen LogP contribution in [0.25, 0.3) is 0 Å². The molecule has 0 aromatic heterocycles. The van der Waals surface area contributed by atoms with E-state index < -0.39 is 10.0 Å². The summed E-state index contributed by atoms with van der Waals surface area (Å²) in [6.07, 6.45) is 4.50. The molecule has 0 spiro atoms. The maximum Gasteiger partial charge on any atom is 0.317 e. The maximum atomic E-state index is 12.9. The van der Waals surface area contributed by atoms with Crippen LogP contribution in [0.2, 0.25) is 0 Å². The lowest BCUT2D eigenvalue weighted by Crippen LogP contribution is -2.55. The molecule has 2 aliphatic rings. The van der Waals surface area contributed by atoms with Gasteiger partial charge in [-0.1, -0.05) is 31.9 Å². The van der Waals surface area contributed by atoms with Gasteiger partial charge >= 0.3 is 6.03 Å². The molecule has 0 unspecified atom stereocenters. The molecule has 7 nitrogen and oxygen atoms in total. The summed E-state index contributed by atoms with van der Waals surface area (Å²) in [5.41, 5.74) is 0.143. The first-order valence-corrected chi connectivity index (χ1v) is 10.9. The van der Waals surface area contributed by atoms with Crippen LogP contribution in [0.1, 0.15) is 38.2 Å². The molecule has 2 fully saturated rings. The SMILES string of the molecule is C[C@@H]1CCCC[C@H]1NC(=O)N1CCN(S(=O)(=O)c2ccccc2C#N)CC1. The second-order valence-electron chi connectivity index (χ2n) is 7.32. The third-order valence-corrected chi connectivity index (χ3v) is 7.53. The highest BCUT2D eigenvalue weighted by atomic mass is 32.2. The number of nitrogens with one attached hydrogen (secondary N) is 1. The summed E-state index contributed by atoms with van der Waals surface area (Å²) in [6, 6.07) is 8.25. The smallest absolute Gasteiger partial charge is 0.317 e. The Morgan fingerprint density at radius 3 is 2.48 bits per heavy atom. The van der Waals surface area contributed by atoms with E-state index in [2.05, 4.69) is 12.2 Å². The van der Waals surface area contributed by atoms with Crippen molar-refractivity contribution in [2.45, 2.75) is 43.5 Å². The minimum absolute atomic E-state index is 0.0291. The van der Waals surface area contributed by atoms with Gasteiger partial charge in [-0.25, -0.2) is 13.2 Å². The van der Waals surface area contributed by atoms with Gasteiger partial charge in [-0.3, -0.25) is 0 Å². The minimum Gasteiger partial charge on any atom is -0.335 e. The predicted molar refractivity (Wildman–Crippen MR) is 101 cm³/mol. The molecule has 2 amide bonds. The Morgan fingerprint density at radius 1 is 1.15 bits per heavy atom. The number of amides is 2. The first-order chi connectivity index (χ1) is 12.9. The van der Waals surface area contributed by atoms with Crippen molar-refractivity contribution in [3.05, 3.63) is 29.8 Å². The highest BCUT2D eigenvalue weighted by molar-refractivity contribution is 7.89. The number of nitrogens with zero attached hydrogens (tertiary/aromatic N) is 3. The number of rotatable bonds is 3. The summed E-state index contributed by atoms with van der Waals surface area (Å²) in [4.78, 5) is 14.3. The Hall–Kier alpha value is -2.11. The lowest BCUT2D eigenvalue weighted by atomic mass is 9.86. The van der Waals surface area contributed by atoms with Gasteiger partial charge in [0, 0.05) is 32.2 Å². The summed E-state index contributed by atoms with van der Waals surface area (Å²) in [5.74, 6) is 0.479. The normalized spacial score (nSPS) is 24.2. The van der Waals surface area contributed by atoms with E-state index in [1.807, 2.05) is 6.07 Å². The number of sulfonamides is 1. The van der Waals surface area contributed by atoms with E-state index in [0.29, 0.717) is 19.0 Å². The molecule has 1 aromatic rings. The van der Waals surface area contributed by atoms with Crippen molar-refractivity contribution in [2.75, 3.05) is 26.2 Å². The number of carbonyl (C=O) groups excluding carboxylic acids is 1. The van der Waals surface area contributed by atoms with E-state index in [9.17, 15) is 18.5 Å². The highest BCUT2D eigenvalue weighted by Crippen LogP contribution is 2.24. The molecule has 1 aliphatic heterocycles. The van der Waals surface area contributed by atoms with Crippen molar-refractivity contribution in [3.63, 3.8) is 0 Å². The summed E-state index contributed by atoms with van der Waals surface area (Å²) < 4.78 is 27.1. The van der Waals surface area contributed by atoms with Gasteiger partial charge in [-0.05, 0) is 30.9 Å². The molecule has 8 heteroatoms. The van der Waals surface area contributed by atoms with Gasteiger partial charge in [0.1, 0.15) is 6.07 Å². The number of hydrogen-bond acceptors (Lipinski definition) is 4. The maximum absolute atomic E-state index is 12.9. The van der Waals surface area contributed by atoms with Crippen molar-refractivity contribution in [2.24, 2.45) is 5.92 Å². The topological polar surface area (TPSA) is 93.5 Å². The molecule has 1 heterocycles. The average Bonchev–Trinajstić information content (AvgIpc) is 2.69. The Balaban J connectivity index is 1.61. The predicted octanol–water partition coefficient (Wildman–Crippen LogP) is 2.15. The molecule has 1 N–H and O–H groups in total. The third kappa shape index (κ3) is 4.25. The standard InChI is InChI=1S/C19H26N4O3S/c1-15-6-2-4-8-17(15)21-19(24)22-10-12-23(13-11-22)27(25,26)18-9-5-3-7-16(18)14-20/h3,5,7,9,15,17H,2,4,6,8,10-13H2,1H3,(H,21,24)/t15-,17-/m1/s1. The Morgan fingerprint density at radius 2 is 1.81 bits per heavy atom. The molecular formula is C19H26N4O3S. The third-order valence-electron chi connectivity index (χ3n) is 5.57. The van der Waals surface area contributed by atoms with Gasteiger partial charge in [0.05, 0.1) is 10.5 Å². The van der Waals surface area contributed by atoms with E-state index in [-0.39, 0.29) is 35.6 Å². The van der Waals surface area contributed by atoms with E-state index in [0.717, 1.165) is 19.3 Å². The van der Waals surface area contributed by atoms with Gasteiger partial charge in [0.15, 0.2) is 0 Å². The van der Waals surface area contributed by atoms with Crippen LogP contribution in [-0.2, 0) is 10.0 Å². The van der Waals surface area contributed by atoms with E-state index in [4.69, 9.17) is 0 Å². The number of carbonyl (C=O) groups is 1. The summed E-state index contributed by atoms with van der Waals surface area (Å²) in [7, 11) is -3.74. The van der Waals surface area contributed by atoms with Crippen molar-refractivity contribution in [1.29, 1.82) is 5.26 Å². The monoisotopic (exact) mass is 390 g/mol.